The molecule has 3 unspecified atom stereocenters. The van der Waals surface area contributed by atoms with Crippen LogP contribution < -0.4 is 10.6 Å². The molecule has 3 aliphatic rings. The highest BCUT2D eigenvalue weighted by atomic mass is 16.3. The van der Waals surface area contributed by atoms with Crippen molar-refractivity contribution in [1.82, 2.24) is 9.47 Å². The molecule has 5 rings (SSSR count). The molecule has 12 heteroatoms. The van der Waals surface area contributed by atoms with E-state index in [4.69, 9.17) is 5.73 Å². The van der Waals surface area contributed by atoms with E-state index in [0.717, 1.165) is 0 Å². The Bertz CT molecular complexity index is 1530. The number of carbonyl (C=O) groups excluding carboxylic acids is 5. The fraction of sp³-hybridized carbons (Fsp3) is 0.500. The second-order valence-corrected chi connectivity index (χ2v) is 12.2. The van der Waals surface area contributed by atoms with E-state index in [1.54, 1.807) is 67.1 Å². The zero-order valence-electron chi connectivity index (χ0n) is 24.2. The molecule has 0 saturated heterocycles. The van der Waals surface area contributed by atoms with Crippen LogP contribution in [0.5, 0.6) is 5.75 Å². The number of aliphatic hydroxyl groups is 2. The minimum Gasteiger partial charge on any atom is -0.507 e. The van der Waals surface area contributed by atoms with Crippen LogP contribution in [0.2, 0.25) is 0 Å². The number of aliphatic hydroxyl groups excluding tert-OH is 1. The quantitative estimate of drug-likeness (QED) is 0.263. The number of amides is 1. The fourth-order valence-corrected chi connectivity index (χ4v) is 7.39. The molecule has 1 aromatic heterocycles. The van der Waals surface area contributed by atoms with Crippen molar-refractivity contribution in [3.8, 4) is 5.75 Å². The van der Waals surface area contributed by atoms with Crippen molar-refractivity contribution in [2.45, 2.75) is 44.1 Å². The van der Waals surface area contributed by atoms with Gasteiger partial charge in [0, 0.05) is 55.3 Å². The number of ketones is 4. The summed E-state index contributed by atoms with van der Waals surface area (Å²) in [7, 11) is 6.80. The van der Waals surface area contributed by atoms with Gasteiger partial charge in [-0.1, -0.05) is 0 Å². The van der Waals surface area contributed by atoms with E-state index in [1.807, 2.05) is 0 Å². The number of aromatic hydroxyl groups is 1. The van der Waals surface area contributed by atoms with E-state index in [0.29, 0.717) is 22.4 Å². The average molecular weight is 581 g/mol. The smallest absolute Gasteiger partial charge is 0.230 e. The van der Waals surface area contributed by atoms with Crippen LogP contribution in [0.25, 0.3) is 0 Å². The molecule has 0 radical (unpaired) electrons. The Labute approximate surface area is 242 Å². The number of likely N-dealkylation sites (N-methyl/N-ethyl adjacent to an activating group) is 1. The second-order valence-electron chi connectivity index (χ2n) is 12.2. The molecule has 0 aliphatic heterocycles. The summed E-state index contributed by atoms with van der Waals surface area (Å²) >= 11 is 0. The number of primary amides is 1. The number of phenolic OH excluding ortho intramolecular Hbond substituents is 1. The van der Waals surface area contributed by atoms with Crippen LogP contribution in [-0.4, -0.2) is 99.8 Å². The van der Waals surface area contributed by atoms with Crippen molar-refractivity contribution in [3.05, 3.63) is 46.8 Å². The van der Waals surface area contributed by atoms with Gasteiger partial charge in [-0.25, -0.2) is 0 Å². The molecular weight excluding hydrogens is 544 g/mol. The van der Waals surface area contributed by atoms with Crippen LogP contribution in [0, 0.1) is 23.7 Å². The van der Waals surface area contributed by atoms with Gasteiger partial charge in [0.2, 0.25) is 5.91 Å². The molecule has 0 spiro atoms. The molecule has 12 nitrogen and oxygen atoms in total. The molecule has 1 aromatic carbocycles. The maximum atomic E-state index is 14.1. The first-order valence-corrected chi connectivity index (χ1v) is 13.8. The van der Waals surface area contributed by atoms with Gasteiger partial charge in [0.1, 0.15) is 11.7 Å². The lowest BCUT2D eigenvalue weighted by Crippen LogP contribution is -2.75. The number of fused-ring (bicyclic) bond motifs is 3. The van der Waals surface area contributed by atoms with Gasteiger partial charge in [0.15, 0.2) is 28.7 Å². The summed E-state index contributed by atoms with van der Waals surface area (Å²) in [6, 6.07) is 2.46. The first-order chi connectivity index (χ1) is 19.6. The van der Waals surface area contributed by atoms with E-state index in [9.17, 15) is 39.3 Å². The molecule has 5 N–H and O–H groups in total. The third-order valence-corrected chi connectivity index (χ3v) is 9.34. The minimum absolute atomic E-state index is 0.0434. The van der Waals surface area contributed by atoms with Gasteiger partial charge in [0.05, 0.1) is 24.1 Å². The summed E-state index contributed by atoms with van der Waals surface area (Å²) in [5, 5.41) is 34.2. The molecule has 1 amide bonds. The monoisotopic (exact) mass is 580 g/mol. The first-order valence-electron chi connectivity index (χ1n) is 13.8. The fourth-order valence-electron chi connectivity index (χ4n) is 7.39. The standard InChI is InChI=1S/C30H36N4O8/c1-13(35)14-6-7-34(11-14)12-16-10-19(32(2)3)17-8-15-9-18-23(33(4)5)26(38)22(29(31)41)28(40)30(18,42)27(39)20(15)25(37)21(17)24(16)36/h6-7,10-11,15,18,20,22-23,26,36,38,42H,8-9,12H2,1-5H3,(H2,31,41)/t15-,18-,20?,22?,23-,26?,30-/m1/s1. The van der Waals surface area contributed by atoms with E-state index >= 15 is 0 Å². The molecule has 3 aliphatic carbocycles. The number of phenols is 1. The normalized spacial score (nSPS) is 30.5. The zero-order valence-corrected chi connectivity index (χ0v) is 24.2. The van der Waals surface area contributed by atoms with Crippen molar-refractivity contribution < 1.29 is 39.3 Å². The van der Waals surface area contributed by atoms with E-state index in [2.05, 4.69) is 0 Å². The average Bonchev–Trinajstić information content (AvgIpc) is 3.36. The molecule has 2 fully saturated rings. The van der Waals surface area contributed by atoms with Crippen molar-refractivity contribution in [1.29, 1.82) is 0 Å². The third-order valence-electron chi connectivity index (χ3n) is 9.34. The van der Waals surface area contributed by atoms with Crippen LogP contribution in [-0.2, 0) is 27.3 Å². The van der Waals surface area contributed by atoms with Gasteiger partial charge in [-0.3, -0.25) is 24.0 Å². The van der Waals surface area contributed by atoms with Gasteiger partial charge < -0.3 is 35.4 Å². The highest BCUT2D eigenvalue weighted by molar-refractivity contribution is 6.25. The number of nitrogens with zero attached hydrogens (tertiary/aromatic N) is 3. The van der Waals surface area contributed by atoms with Crippen LogP contribution in [0.15, 0.2) is 24.5 Å². The van der Waals surface area contributed by atoms with Crippen molar-refractivity contribution in [2.75, 3.05) is 33.1 Å². The number of hydrogen-bond acceptors (Lipinski definition) is 10. The lowest BCUT2D eigenvalue weighted by atomic mass is 9.52. The van der Waals surface area contributed by atoms with E-state index in [-0.39, 0.29) is 36.5 Å². The number of Topliss-reactive ketones (excluding diaryl/α,β-unsaturated/α-hetero) is 4. The van der Waals surface area contributed by atoms with Crippen molar-refractivity contribution in [3.63, 3.8) is 0 Å². The lowest BCUT2D eigenvalue weighted by Gasteiger charge is -2.55. The molecule has 2 saturated carbocycles. The van der Waals surface area contributed by atoms with Crippen LogP contribution >= 0.6 is 0 Å². The number of anilines is 1. The summed E-state index contributed by atoms with van der Waals surface area (Å²) in [5.41, 5.74) is 4.75. The Morgan fingerprint density at radius 2 is 1.81 bits per heavy atom. The first kappa shape index (κ1) is 29.6. The molecule has 2 aromatic rings. The van der Waals surface area contributed by atoms with Crippen molar-refractivity contribution in [2.24, 2.45) is 29.4 Å². The van der Waals surface area contributed by atoms with Gasteiger partial charge in [-0.2, -0.15) is 0 Å². The number of hydrogen-bond donors (Lipinski definition) is 4. The maximum absolute atomic E-state index is 14.1. The van der Waals surface area contributed by atoms with Gasteiger partial charge in [0.25, 0.3) is 0 Å². The van der Waals surface area contributed by atoms with Gasteiger partial charge >= 0.3 is 0 Å². The Balaban J connectivity index is 1.62. The highest BCUT2D eigenvalue weighted by Crippen LogP contribution is 2.52. The Morgan fingerprint density at radius 3 is 2.36 bits per heavy atom. The van der Waals surface area contributed by atoms with Crippen LogP contribution in [0.1, 0.15) is 45.2 Å². The number of carbonyl (C=O) groups is 5. The molecule has 1 heterocycles. The molecular formula is C30H36N4O8. The Kier molecular flexibility index (Phi) is 7.15. The summed E-state index contributed by atoms with van der Waals surface area (Å²) in [5.74, 6) is -9.54. The van der Waals surface area contributed by atoms with Crippen LogP contribution in [0.4, 0.5) is 5.69 Å². The van der Waals surface area contributed by atoms with Crippen LogP contribution in [0.3, 0.4) is 0 Å². The SMILES string of the molecule is CC(=O)c1ccn(Cc2cc(N(C)C)c3c(c2O)C(=O)C2C(=O)[C@@]4(O)C(=O)C(C(N)=O)C(O)[C@H](N(C)C)[C@H]4C[C@H]2C3)c1. The number of benzene rings is 1. The molecule has 42 heavy (non-hydrogen) atoms. The van der Waals surface area contributed by atoms with Gasteiger partial charge in [-0.05, 0) is 57.5 Å². The predicted molar refractivity (Wildman–Crippen MR) is 150 cm³/mol. The Morgan fingerprint density at radius 1 is 1.14 bits per heavy atom. The molecule has 7 atom stereocenters. The molecule has 224 valence electrons. The summed E-state index contributed by atoms with van der Waals surface area (Å²) in [6.07, 6.45) is 2.01. The topological polar surface area (TPSA) is 183 Å². The van der Waals surface area contributed by atoms with Crippen molar-refractivity contribution >= 4 is 34.7 Å². The summed E-state index contributed by atoms with van der Waals surface area (Å²) in [6.45, 7) is 1.58. The predicted octanol–water partition coefficient (Wildman–Crippen LogP) is -0.223. The summed E-state index contributed by atoms with van der Waals surface area (Å²) < 4.78 is 1.70. The number of rotatable bonds is 6. The number of nitrogens with two attached hydrogens (primary N) is 1. The second kappa shape index (κ2) is 10.1. The third kappa shape index (κ3) is 4.19. The lowest BCUT2D eigenvalue weighted by molar-refractivity contribution is -0.190. The zero-order chi connectivity index (χ0) is 31.0. The minimum atomic E-state index is -2.71. The van der Waals surface area contributed by atoms with E-state index in [1.165, 1.54) is 6.92 Å². The van der Waals surface area contributed by atoms with E-state index < -0.39 is 64.7 Å². The highest BCUT2D eigenvalue weighted by Gasteiger charge is 2.69. The molecule has 0 bridgehead atoms. The number of aromatic nitrogens is 1. The Hall–Kier alpha value is -3.87. The van der Waals surface area contributed by atoms with Gasteiger partial charge in [-0.15, -0.1) is 0 Å². The largest absolute Gasteiger partial charge is 0.507 e. The maximum Gasteiger partial charge on any atom is 0.230 e. The summed E-state index contributed by atoms with van der Waals surface area (Å²) in [4.78, 5) is 69.1.